The average Bonchev–Trinajstić information content (AvgIpc) is 2.47. The molecule has 1 aliphatic carbocycles. The molecule has 0 saturated heterocycles. The van der Waals surface area contributed by atoms with Crippen LogP contribution in [0.1, 0.15) is 44.1 Å². The summed E-state index contributed by atoms with van der Waals surface area (Å²) in [5.41, 5.74) is 1.33. The lowest BCUT2D eigenvalue weighted by Gasteiger charge is -2.32. The van der Waals surface area contributed by atoms with Gasteiger partial charge in [0, 0.05) is 12.8 Å². The highest BCUT2D eigenvalue weighted by Crippen LogP contribution is 2.38. The van der Waals surface area contributed by atoms with Crippen molar-refractivity contribution < 1.29 is 9.53 Å². The Morgan fingerprint density at radius 2 is 1.80 bits per heavy atom. The largest absolute Gasteiger partial charge is 0.462 e. The van der Waals surface area contributed by atoms with Gasteiger partial charge in [-0.3, -0.25) is 4.79 Å². The molecule has 3 rings (SSSR count). The Hall–Kier alpha value is -1.83. The van der Waals surface area contributed by atoms with Crippen molar-refractivity contribution in [2.45, 2.75) is 44.6 Å². The molecule has 0 heterocycles. The molecule has 1 aliphatic rings. The summed E-state index contributed by atoms with van der Waals surface area (Å²) in [7, 11) is 0. The van der Waals surface area contributed by atoms with Crippen LogP contribution >= 0.6 is 0 Å². The molecule has 0 spiro atoms. The number of carbonyl (C=O) groups is 1. The summed E-state index contributed by atoms with van der Waals surface area (Å²) in [6, 6.07) is 14.9. The molecule has 2 heteroatoms. The van der Waals surface area contributed by atoms with Gasteiger partial charge in [0.05, 0.1) is 0 Å². The van der Waals surface area contributed by atoms with E-state index in [2.05, 4.69) is 42.5 Å². The molecule has 2 nitrogen and oxygen atoms in total. The van der Waals surface area contributed by atoms with Crippen LogP contribution in [0, 0.1) is 0 Å². The van der Waals surface area contributed by atoms with Crippen LogP contribution in [-0.2, 0) is 9.53 Å². The summed E-state index contributed by atoms with van der Waals surface area (Å²) >= 11 is 0. The van der Waals surface area contributed by atoms with E-state index in [0.29, 0.717) is 5.92 Å². The van der Waals surface area contributed by atoms with Crippen LogP contribution in [0.5, 0.6) is 0 Å². The summed E-state index contributed by atoms with van der Waals surface area (Å²) in [5, 5.41) is 2.55. The van der Waals surface area contributed by atoms with Crippen molar-refractivity contribution in [3.63, 3.8) is 0 Å². The number of esters is 1. The van der Waals surface area contributed by atoms with E-state index in [-0.39, 0.29) is 12.1 Å². The van der Waals surface area contributed by atoms with Gasteiger partial charge in [0.25, 0.3) is 0 Å². The summed E-state index contributed by atoms with van der Waals surface area (Å²) in [5.74, 6) is 0.167. The lowest BCUT2D eigenvalue weighted by molar-refractivity contribution is -0.148. The maximum absolute atomic E-state index is 11.3. The van der Waals surface area contributed by atoms with Gasteiger partial charge in [-0.1, -0.05) is 48.9 Å². The third-order valence-corrected chi connectivity index (χ3v) is 4.24. The van der Waals surface area contributed by atoms with E-state index in [0.717, 1.165) is 19.3 Å². The third-order valence-electron chi connectivity index (χ3n) is 4.24. The van der Waals surface area contributed by atoms with Crippen LogP contribution in [0.2, 0.25) is 0 Å². The minimum atomic E-state index is -0.165. The standard InChI is InChI=1S/C18H20O2/c1-13(19)20-18-12-5-4-10-17(18)16-11-6-8-14-7-2-3-9-15(14)16/h2-3,6-9,11,17-18H,4-5,10,12H2,1H3/t17-,18-/m1/s1. The first-order valence-electron chi connectivity index (χ1n) is 7.40. The topological polar surface area (TPSA) is 26.3 Å². The van der Waals surface area contributed by atoms with Gasteiger partial charge < -0.3 is 4.74 Å². The molecule has 0 aromatic heterocycles. The van der Waals surface area contributed by atoms with Crippen LogP contribution in [0.3, 0.4) is 0 Å². The minimum absolute atomic E-state index is 0.0343. The molecular formula is C18H20O2. The van der Waals surface area contributed by atoms with Gasteiger partial charge >= 0.3 is 5.97 Å². The Kier molecular flexibility index (Phi) is 3.72. The Balaban J connectivity index is 2.01. The van der Waals surface area contributed by atoms with Crippen LogP contribution < -0.4 is 0 Å². The first-order chi connectivity index (χ1) is 9.75. The maximum atomic E-state index is 11.3. The molecule has 104 valence electrons. The average molecular weight is 268 g/mol. The number of fused-ring (bicyclic) bond motifs is 1. The van der Waals surface area contributed by atoms with Gasteiger partial charge in [-0.15, -0.1) is 0 Å². The molecule has 0 amide bonds. The molecule has 2 aromatic carbocycles. The lowest BCUT2D eigenvalue weighted by atomic mass is 9.80. The van der Waals surface area contributed by atoms with Crippen molar-refractivity contribution in [3.05, 3.63) is 48.0 Å². The molecule has 0 N–H and O–H groups in total. The molecule has 0 aliphatic heterocycles. The Bertz CT molecular complexity index is 612. The van der Waals surface area contributed by atoms with E-state index in [4.69, 9.17) is 4.74 Å². The second-order valence-electron chi connectivity index (χ2n) is 5.61. The molecule has 1 fully saturated rings. The summed E-state index contributed by atoms with van der Waals surface area (Å²) in [4.78, 5) is 11.3. The second kappa shape index (κ2) is 5.66. The smallest absolute Gasteiger partial charge is 0.302 e. The Labute approximate surface area is 119 Å². The van der Waals surface area contributed by atoms with Crippen molar-refractivity contribution in [2.75, 3.05) is 0 Å². The van der Waals surface area contributed by atoms with E-state index in [1.165, 1.54) is 29.7 Å². The predicted octanol–water partition coefficient (Wildman–Crippen LogP) is 4.43. The lowest BCUT2D eigenvalue weighted by Crippen LogP contribution is -2.28. The van der Waals surface area contributed by atoms with Gasteiger partial charge in [-0.25, -0.2) is 0 Å². The molecule has 1 saturated carbocycles. The fourth-order valence-electron chi connectivity index (χ4n) is 3.38. The van der Waals surface area contributed by atoms with E-state index in [1.807, 2.05) is 0 Å². The zero-order valence-corrected chi connectivity index (χ0v) is 11.8. The van der Waals surface area contributed by atoms with Gasteiger partial charge in [-0.2, -0.15) is 0 Å². The zero-order valence-electron chi connectivity index (χ0n) is 11.8. The quantitative estimate of drug-likeness (QED) is 0.753. The number of benzene rings is 2. The number of carbonyl (C=O) groups excluding carboxylic acids is 1. The molecule has 0 unspecified atom stereocenters. The Morgan fingerprint density at radius 1 is 1.05 bits per heavy atom. The van der Waals surface area contributed by atoms with E-state index < -0.39 is 0 Å². The molecule has 2 atom stereocenters. The minimum Gasteiger partial charge on any atom is -0.462 e. The van der Waals surface area contributed by atoms with Gasteiger partial charge in [0.15, 0.2) is 0 Å². The first-order valence-corrected chi connectivity index (χ1v) is 7.40. The zero-order chi connectivity index (χ0) is 13.9. The third kappa shape index (κ3) is 2.55. The number of hydrogen-bond donors (Lipinski definition) is 0. The van der Waals surface area contributed by atoms with Crippen molar-refractivity contribution in [3.8, 4) is 0 Å². The van der Waals surface area contributed by atoms with Crippen molar-refractivity contribution >= 4 is 16.7 Å². The van der Waals surface area contributed by atoms with E-state index >= 15 is 0 Å². The molecule has 0 bridgehead atoms. The van der Waals surface area contributed by atoms with Gasteiger partial charge in [0.2, 0.25) is 0 Å². The predicted molar refractivity (Wildman–Crippen MR) is 80.7 cm³/mol. The highest BCUT2D eigenvalue weighted by Gasteiger charge is 2.29. The molecule has 20 heavy (non-hydrogen) atoms. The van der Waals surface area contributed by atoms with Crippen molar-refractivity contribution in [1.82, 2.24) is 0 Å². The summed E-state index contributed by atoms with van der Waals surface area (Å²) in [6.07, 6.45) is 4.48. The highest BCUT2D eigenvalue weighted by atomic mass is 16.5. The summed E-state index contributed by atoms with van der Waals surface area (Å²) in [6.45, 7) is 1.51. The summed E-state index contributed by atoms with van der Waals surface area (Å²) < 4.78 is 5.57. The second-order valence-corrected chi connectivity index (χ2v) is 5.61. The monoisotopic (exact) mass is 268 g/mol. The van der Waals surface area contributed by atoms with Gasteiger partial charge in [-0.05, 0) is 35.6 Å². The number of hydrogen-bond acceptors (Lipinski definition) is 2. The van der Waals surface area contributed by atoms with E-state index in [9.17, 15) is 4.79 Å². The Morgan fingerprint density at radius 3 is 2.65 bits per heavy atom. The van der Waals surface area contributed by atoms with Crippen LogP contribution in [0.15, 0.2) is 42.5 Å². The van der Waals surface area contributed by atoms with Crippen LogP contribution in [0.25, 0.3) is 10.8 Å². The van der Waals surface area contributed by atoms with Crippen LogP contribution in [-0.4, -0.2) is 12.1 Å². The normalized spacial score (nSPS) is 22.6. The first kappa shape index (κ1) is 13.2. The van der Waals surface area contributed by atoms with E-state index in [1.54, 1.807) is 0 Å². The number of rotatable bonds is 2. The highest BCUT2D eigenvalue weighted by molar-refractivity contribution is 5.86. The molecule has 2 aromatic rings. The molecule has 0 radical (unpaired) electrons. The fraction of sp³-hybridized carbons (Fsp3) is 0.389. The van der Waals surface area contributed by atoms with Crippen LogP contribution in [0.4, 0.5) is 0 Å². The number of ether oxygens (including phenoxy) is 1. The SMILES string of the molecule is CC(=O)O[C@@H]1CCCC[C@@H]1c1cccc2ccccc12. The maximum Gasteiger partial charge on any atom is 0.302 e. The fourth-order valence-corrected chi connectivity index (χ4v) is 3.38. The molecular weight excluding hydrogens is 248 g/mol. The van der Waals surface area contributed by atoms with Gasteiger partial charge in [0.1, 0.15) is 6.10 Å². The van der Waals surface area contributed by atoms with Crippen molar-refractivity contribution in [1.29, 1.82) is 0 Å². The van der Waals surface area contributed by atoms with Crippen molar-refractivity contribution in [2.24, 2.45) is 0 Å².